The third kappa shape index (κ3) is 3.65. The zero-order valence-corrected chi connectivity index (χ0v) is 12.0. The Morgan fingerprint density at radius 2 is 2.37 bits per heavy atom. The van der Waals surface area contributed by atoms with Gasteiger partial charge in [-0.15, -0.1) is 11.3 Å². The number of imidazole rings is 1. The maximum absolute atomic E-state index is 11.9. The molecule has 0 unspecified atom stereocenters. The van der Waals surface area contributed by atoms with E-state index >= 15 is 0 Å². The van der Waals surface area contributed by atoms with Crippen molar-refractivity contribution in [2.24, 2.45) is 0 Å². The average molecular weight is 344 g/mol. The first kappa shape index (κ1) is 13.8. The van der Waals surface area contributed by atoms with E-state index in [-0.39, 0.29) is 6.42 Å². The number of aromatic nitrogens is 2. The number of rotatable bonds is 5. The van der Waals surface area contributed by atoms with Crippen molar-refractivity contribution in [1.82, 2.24) is 15.3 Å². The van der Waals surface area contributed by atoms with Crippen molar-refractivity contribution in [2.45, 2.75) is 12.5 Å². The maximum Gasteiger partial charge on any atom is 0.326 e. The van der Waals surface area contributed by atoms with E-state index in [4.69, 9.17) is 5.11 Å². The lowest BCUT2D eigenvalue weighted by molar-refractivity contribution is -0.139. The molecule has 3 N–H and O–H groups in total. The Bertz CT molecular complexity index is 582. The molecule has 0 fully saturated rings. The summed E-state index contributed by atoms with van der Waals surface area (Å²) in [6.45, 7) is 0. The fourth-order valence-corrected chi connectivity index (χ4v) is 2.62. The Kier molecular flexibility index (Phi) is 4.33. The summed E-state index contributed by atoms with van der Waals surface area (Å²) in [6.07, 6.45) is 3.15. The van der Waals surface area contributed by atoms with Crippen LogP contribution in [0.4, 0.5) is 0 Å². The molecule has 0 aliphatic heterocycles. The molecule has 2 heterocycles. The van der Waals surface area contributed by atoms with Crippen molar-refractivity contribution >= 4 is 39.1 Å². The smallest absolute Gasteiger partial charge is 0.326 e. The number of carbonyl (C=O) groups is 2. The molecule has 0 aliphatic carbocycles. The number of hydrogen-bond donors (Lipinski definition) is 3. The topological polar surface area (TPSA) is 95.1 Å². The Labute approximate surface area is 121 Å². The maximum atomic E-state index is 11.9. The number of aliphatic carboxylic acids is 1. The van der Waals surface area contributed by atoms with Crippen LogP contribution in [0.1, 0.15) is 16.1 Å². The van der Waals surface area contributed by atoms with Crippen LogP contribution in [-0.4, -0.2) is 33.0 Å². The minimum atomic E-state index is -1.09. The molecule has 2 aromatic rings. The highest BCUT2D eigenvalue weighted by Crippen LogP contribution is 2.20. The van der Waals surface area contributed by atoms with Crippen molar-refractivity contribution < 1.29 is 14.7 Å². The average Bonchev–Trinajstić information content (AvgIpc) is 2.99. The van der Waals surface area contributed by atoms with Gasteiger partial charge in [-0.05, 0) is 22.0 Å². The number of amides is 1. The number of hydrogen-bond acceptors (Lipinski definition) is 4. The van der Waals surface area contributed by atoms with E-state index in [0.717, 1.165) is 3.79 Å². The molecule has 2 aromatic heterocycles. The van der Waals surface area contributed by atoms with Gasteiger partial charge in [-0.25, -0.2) is 9.78 Å². The van der Waals surface area contributed by atoms with E-state index < -0.39 is 17.9 Å². The quantitative estimate of drug-likeness (QED) is 0.769. The zero-order valence-electron chi connectivity index (χ0n) is 9.59. The van der Waals surface area contributed by atoms with Gasteiger partial charge in [0.25, 0.3) is 5.91 Å². The summed E-state index contributed by atoms with van der Waals surface area (Å²) >= 11 is 4.62. The van der Waals surface area contributed by atoms with Crippen LogP contribution in [-0.2, 0) is 11.2 Å². The van der Waals surface area contributed by atoms with Crippen molar-refractivity contribution in [3.05, 3.63) is 39.0 Å². The molecular weight excluding hydrogens is 334 g/mol. The monoisotopic (exact) mass is 343 g/mol. The second-order valence-electron chi connectivity index (χ2n) is 3.78. The summed E-state index contributed by atoms with van der Waals surface area (Å²) in [4.78, 5) is 29.6. The van der Waals surface area contributed by atoms with Gasteiger partial charge in [0.05, 0.1) is 15.7 Å². The van der Waals surface area contributed by atoms with E-state index in [1.54, 1.807) is 11.4 Å². The van der Waals surface area contributed by atoms with Gasteiger partial charge in [-0.2, -0.15) is 0 Å². The molecule has 0 spiro atoms. The molecule has 6 nitrogen and oxygen atoms in total. The summed E-state index contributed by atoms with van der Waals surface area (Å²) in [5.41, 5.74) is 1.09. The SMILES string of the molecule is O=C(N[C@H](Cc1cnc[nH]1)C(=O)O)c1csc(Br)c1. The van der Waals surface area contributed by atoms with Crippen molar-refractivity contribution in [3.63, 3.8) is 0 Å². The second-order valence-corrected chi connectivity index (χ2v) is 6.08. The molecule has 0 aliphatic rings. The summed E-state index contributed by atoms with van der Waals surface area (Å²) in [7, 11) is 0. The number of carboxylic acids is 1. The van der Waals surface area contributed by atoms with Crippen LogP contribution in [0, 0.1) is 0 Å². The molecule has 0 saturated carbocycles. The molecule has 0 aromatic carbocycles. The van der Waals surface area contributed by atoms with Gasteiger partial charge in [-0.3, -0.25) is 4.79 Å². The van der Waals surface area contributed by atoms with Crippen molar-refractivity contribution in [1.29, 1.82) is 0 Å². The molecule has 0 saturated heterocycles. The molecule has 19 heavy (non-hydrogen) atoms. The minimum Gasteiger partial charge on any atom is -0.480 e. The summed E-state index contributed by atoms with van der Waals surface area (Å²) in [5, 5.41) is 13.3. The number of thiophene rings is 1. The van der Waals surface area contributed by atoms with E-state index in [2.05, 4.69) is 31.2 Å². The second kappa shape index (κ2) is 5.98. The fraction of sp³-hybridized carbons (Fsp3) is 0.182. The lowest BCUT2D eigenvalue weighted by Crippen LogP contribution is -2.42. The Morgan fingerprint density at radius 1 is 1.58 bits per heavy atom. The molecule has 0 radical (unpaired) electrons. The van der Waals surface area contributed by atoms with Gasteiger partial charge in [0, 0.05) is 23.7 Å². The van der Waals surface area contributed by atoms with Gasteiger partial charge >= 0.3 is 5.97 Å². The first-order valence-corrected chi connectivity index (χ1v) is 6.98. The predicted octanol–water partition coefficient (Wildman–Crippen LogP) is 1.66. The zero-order chi connectivity index (χ0) is 13.8. The summed E-state index contributed by atoms with van der Waals surface area (Å²) in [6, 6.07) is 0.654. The summed E-state index contributed by atoms with van der Waals surface area (Å²) in [5.74, 6) is -1.49. The summed E-state index contributed by atoms with van der Waals surface area (Å²) < 4.78 is 0.818. The van der Waals surface area contributed by atoms with E-state index in [1.165, 1.54) is 23.9 Å². The van der Waals surface area contributed by atoms with E-state index in [9.17, 15) is 9.59 Å². The highest BCUT2D eigenvalue weighted by Gasteiger charge is 2.22. The number of H-pyrrole nitrogens is 1. The van der Waals surface area contributed by atoms with Crippen LogP contribution in [0.25, 0.3) is 0 Å². The number of carboxylic acid groups (broad SMARTS) is 1. The Balaban J connectivity index is 2.04. The van der Waals surface area contributed by atoms with E-state index in [0.29, 0.717) is 11.3 Å². The highest BCUT2D eigenvalue weighted by molar-refractivity contribution is 9.11. The lowest BCUT2D eigenvalue weighted by atomic mass is 10.1. The van der Waals surface area contributed by atoms with Crippen molar-refractivity contribution in [3.8, 4) is 0 Å². The van der Waals surface area contributed by atoms with Crippen LogP contribution in [0.3, 0.4) is 0 Å². The molecule has 2 rings (SSSR count). The normalized spacial score (nSPS) is 12.1. The standard InChI is InChI=1S/C11H10BrN3O3S/c12-9-1-6(4-19-9)10(16)15-8(11(17)18)2-7-3-13-5-14-7/h1,3-5,8H,2H2,(H,13,14)(H,15,16)(H,17,18)/t8-/m1/s1. The number of nitrogens with zero attached hydrogens (tertiary/aromatic N) is 1. The third-order valence-electron chi connectivity index (χ3n) is 2.41. The molecule has 100 valence electrons. The fourth-order valence-electron chi connectivity index (χ4n) is 1.49. The van der Waals surface area contributed by atoms with Gasteiger partial charge in [0.2, 0.25) is 0 Å². The number of aromatic amines is 1. The minimum absolute atomic E-state index is 0.159. The van der Waals surface area contributed by atoms with Crippen LogP contribution in [0.15, 0.2) is 27.8 Å². The van der Waals surface area contributed by atoms with Gasteiger partial charge in [-0.1, -0.05) is 0 Å². The van der Waals surface area contributed by atoms with Crippen LogP contribution in [0.5, 0.6) is 0 Å². The Hall–Kier alpha value is -1.67. The lowest BCUT2D eigenvalue weighted by Gasteiger charge is -2.12. The van der Waals surface area contributed by atoms with Crippen molar-refractivity contribution in [2.75, 3.05) is 0 Å². The number of halogens is 1. The van der Waals surface area contributed by atoms with Crippen LogP contribution < -0.4 is 5.32 Å². The van der Waals surface area contributed by atoms with Gasteiger partial charge in [0.15, 0.2) is 0 Å². The Morgan fingerprint density at radius 3 is 2.89 bits per heavy atom. The molecule has 8 heteroatoms. The third-order valence-corrected chi connectivity index (χ3v) is 3.92. The molecular formula is C11H10BrN3O3S. The number of nitrogens with one attached hydrogen (secondary N) is 2. The first-order chi connectivity index (χ1) is 9.06. The van der Waals surface area contributed by atoms with Crippen LogP contribution in [0.2, 0.25) is 0 Å². The van der Waals surface area contributed by atoms with Gasteiger partial charge < -0.3 is 15.4 Å². The van der Waals surface area contributed by atoms with E-state index in [1.807, 2.05) is 0 Å². The van der Waals surface area contributed by atoms with Gasteiger partial charge in [0.1, 0.15) is 6.04 Å². The predicted molar refractivity (Wildman–Crippen MR) is 73.2 cm³/mol. The largest absolute Gasteiger partial charge is 0.480 e. The highest BCUT2D eigenvalue weighted by atomic mass is 79.9. The molecule has 1 amide bonds. The molecule has 1 atom stereocenters. The first-order valence-electron chi connectivity index (χ1n) is 5.31. The molecule has 0 bridgehead atoms. The number of carbonyl (C=O) groups excluding carboxylic acids is 1. The van der Waals surface area contributed by atoms with Crippen LogP contribution >= 0.6 is 27.3 Å².